The Labute approximate surface area is 142 Å². The summed E-state index contributed by atoms with van der Waals surface area (Å²) in [6, 6.07) is 7.95. The zero-order valence-electron chi connectivity index (χ0n) is 14.1. The zero-order chi connectivity index (χ0) is 16.8. The normalized spacial score (nSPS) is 15.4. The molecule has 1 aliphatic heterocycles. The van der Waals surface area contributed by atoms with E-state index in [1.54, 1.807) is 13.4 Å². The van der Waals surface area contributed by atoms with Gasteiger partial charge in [0, 0.05) is 25.9 Å². The Hall–Kier alpha value is -2.37. The first-order chi connectivity index (χ1) is 11.8. The second-order valence-corrected chi connectivity index (χ2v) is 6.12. The summed E-state index contributed by atoms with van der Waals surface area (Å²) in [5, 5.41) is 4.33. The Bertz CT molecular complexity index is 666. The Morgan fingerprint density at radius 2 is 2.00 bits per heavy atom. The number of benzene rings is 1. The quantitative estimate of drug-likeness (QED) is 0.816. The van der Waals surface area contributed by atoms with Crippen LogP contribution in [0.1, 0.15) is 37.1 Å². The molecule has 0 radical (unpaired) electrons. The van der Waals surface area contributed by atoms with Crippen LogP contribution in [0.2, 0.25) is 0 Å². The summed E-state index contributed by atoms with van der Waals surface area (Å²) in [4.78, 5) is 18.4. The first kappa shape index (κ1) is 16.5. The maximum absolute atomic E-state index is 12.1. The fraction of sp³-hybridized carbons (Fsp3) is 0.500. The lowest BCUT2D eigenvalue weighted by atomic mass is 10.2. The van der Waals surface area contributed by atoms with Crippen molar-refractivity contribution in [1.29, 1.82) is 0 Å². The number of carbonyl (C=O) groups excluding carboxylic acids is 1. The average molecular weight is 328 g/mol. The molecule has 1 aliphatic rings. The number of rotatable bonds is 6. The molecule has 0 spiro atoms. The largest absolute Gasteiger partial charge is 0.497 e. The van der Waals surface area contributed by atoms with Crippen molar-refractivity contribution in [2.45, 2.75) is 38.6 Å². The van der Waals surface area contributed by atoms with Gasteiger partial charge in [-0.15, -0.1) is 0 Å². The molecule has 1 saturated heterocycles. The molecule has 0 N–H and O–H groups in total. The topological polar surface area (TPSA) is 60.2 Å². The van der Waals surface area contributed by atoms with Crippen LogP contribution in [-0.4, -0.2) is 45.8 Å². The van der Waals surface area contributed by atoms with E-state index in [0.29, 0.717) is 13.0 Å². The molecule has 1 aromatic carbocycles. The van der Waals surface area contributed by atoms with Gasteiger partial charge >= 0.3 is 0 Å². The van der Waals surface area contributed by atoms with Crippen LogP contribution in [-0.2, 0) is 17.8 Å². The number of carbonyl (C=O) groups is 1. The Balaban J connectivity index is 1.61. The molecule has 6 nitrogen and oxygen atoms in total. The van der Waals surface area contributed by atoms with E-state index in [4.69, 9.17) is 4.74 Å². The van der Waals surface area contributed by atoms with Crippen LogP contribution in [0.4, 0.5) is 0 Å². The van der Waals surface area contributed by atoms with Gasteiger partial charge in [0.15, 0.2) is 0 Å². The molecule has 0 atom stereocenters. The fourth-order valence-electron chi connectivity index (χ4n) is 3.03. The number of hydrogen-bond donors (Lipinski definition) is 0. The van der Waals surface area contributed by atoms with Crippen LogP contribution < -0.4 is 4.74 Å². The molecule has 2 aromatic rings. The fourth-order valence-corrected chi connectivity index (χ4v) is 3.03. The lowest BCUT2D eigenvalue weighted by Gasteiger charge is -2.20. The summed E-state index contributed by atoms with van der Waals surface area (Å²) in [6.07, 6.45) is 6.27. The molecule has 2 heterocycles. The number of amides is 1. The molecule has 1 amide bonds. The average Bonchev–Trinajstić information content (AvgIpc) is 2.94. The van der Waals surface area contributed by atoms with E-state index in [1.165, 1.54) is 0 Å². The predicted molar refractivity (Wildman–Crippen MR) is 90.9 cm³/mol. The van der Waals surface area contributed by atoms with E-state index in [-0.39, 0.29) is 5.91 Å². The highest BCUT2D eigenvalue weighted by Crippen LogP contribution is 2.14. The minimum Gasteiger partial charge on any atom is -0.497 e. The van der Waals surface area contributed by atoms with E-state index in [1.807, 2.05) is 33.8 Å². The SMILES string of the molecule is COc1ccc(Cn2ncnc2CCN2CCCCCC2=O)cc1. The molecule has 0 aliphatic carbocycles. The lowest BCUT2D eigenvalue weighted by Crippen LogP contribution is -2.32. The van der Waals surface area contributed by atoms with Crippen LogP contribution >= 0.6 is 0 Å². The third-order valence-electron chi connectivity index (χ3n) is 4.46. The van der Waals surface area contributed by atoms with Gasteiger partial charge in [-0.25, -0.2) is 9.67 Å². The first-order valence-electron chi connectivity index (χ1n) is 8.53. The van der Waals surface area contributed by atoms with Gasteiger partial charge in [0.25, 0.3) is 0 Å². The van der Waals surface area contributed by atoms with E-state index < -0.39 is 0 Å². The maximum atomic E-state index is 12.1. The van der Waals surface area contributed by atoms with Crippen molar-refractivity contribution in [3.8, 4) is 5.75 Å². The lowest BCUT2D eigenvalue weighted by molar-refractivity contribution is -0.130. The molecular formula is C18H24N4O2. The van der Waals surface area contributed by atoms with Crippen molar-refractivity contribution in [3.63, 3.8) is 0 Å². The molecule has 0 unspecified atom stereocenters. The molecule has 1 fully saturated rings. The van der Waals surface area contributed by atoms with E-state index in [2.05, 4.69) is 10.1 Å². The van der Waals surface area contributed by atoms with Gasteiger partial charge in [0.1, 0.15) is 17.9 Å². The van der Waals surface area contributed by atoms with Crippen LogP contribution in [0.15, 0.2) is 30.6 Å². The number of hydrogen-bond acceptors (Lipinski definition) is 4. The van der Waals surface area contributed by atoms with Gasteiger partial charge in [-0.05, 0) is 30.5 Å². The number of likely N-dealkylation sites (tertiary alicyclic amines) is 1. The maximum Gasteiger partial charge on any atom is 0.222 e. The van der Waals surface area contributed by atoms with Crippen LogP contribution in [0, 0.1) is 0 Å². The predicted octanol–water partition coefficient (Wildman–Crippen LogP) is 2.28. The second kappa shape index (κ2) is 7.95. The third kappa shape index (κ3) is 4.13. The number of aromatic nitrogens is 3. The Kier molecular flexibility index (Phi) is 5.46. The second-order valence-electron chi connectivity index (χ2n) is 6.12. The highest BCUT2D eigenvalue weighted by molar-refractivity contribution is 5.76. The summed E-state index contributed by atoms with van der Waals surface area (Å²) in [7, 11) is 1.66. The van der Waals surface area contributed by atoms with Crippen LogP contribution in [0.5, 0.6) is 5.75 Å². The van der Waals surface area contributed by atoms with Crippen molar-refractivity contribution >= 4 is 5.91 Å². The van der Waals surface area contributed by atoms with Gasteiger partial charge in [-0.2, -0.15) is 5.10 Å². The van der Waals surface area contributed by atoms with Gasteiger partial charge in [-0.3, -0.25) is 4.79 Å². The smallest absolute Gasteiger partial charge is 0.222 e. The van der Waals surface area contributed by atoms with Crippen molar-refractivity contribution in [1.82, 2.24) is 19.7 Å². The molecule has 6 heteroatoms. The Morgan fingerprint density at radius 3 is 2.79 bits per heavy atom. The van der Waals surface area contributed by atoms with E-state index >= 15 is 0 Å². The number of nitrogens with zero attached hydrogens (tertiary/aromatic N) is 4. The highest BCUT2D eigenvalue weighted by atomic mass is 16.5. The molecule has 1 aromatic heterocycles. The van der Waals surface area contributed by atoms with Gasteiger partial charge < -0.3 is 9.64 Å². The monoisotopic (exact) mass is 328 g/mol. The van der Waals surface area contributed by atoms with E-state index in [0.717, 1.165) is 55.9 Å². The number of ether oxygens (including phenoxy) is 1. The molecule has 128 valence electrons. The summed E-state index contributed by atoms with van der Waals surface area (Å²) in [5.74, 6) is 2.04. The van der Waals surface area contributed by atoms with Crippen LogP contribution in [0.25, 0.3) is 0 Å². The minimum atomic E-state index is 0.272. The van der Waals surface area contributed by atoms with Gasteiger partial charge in [-0.1, -0.05) is 18.6 Å². The molecule has 24 heavy (non-hydrogen) atoms. The molecule has 0 saturated carbocycles. The van der Waals surface area contributed by atoms with Crippen LogP contribution in [0.3, 0.4) is 0 Å². The number of methoxy groups -OCH3 is 1. The van der Waals surface area contributed by atoms with Crippen molar-refractivity contribution in [2.24, 2.45) is 0 Å². The Morgan fingerprint density at radius 1 is 1.17 bits per heavy atom. The third-order valence-corrected chi connectivity index (χ3v) is 4.46. The summed E-state index contributed by atoms with van der Waals surface area (Å²) >= 11 is 0. The van der Waals surface area contributed by atoms with Crippen molar-refractivity contribution in [2.75, 3.05) is 20.2 Å². The highest BCUT2D eigenvalue weighted by Gasteiger charge is 2.17. The van der Waals surface area contributed by atoms with E-state index in [9.17, 15) is 4.79 Å². The molecule has 0 bridgehead atoms. The van der Waals surface area contributed by atoms with Gasteiger partial charge in [0.2, 0.25) is 5.91 Å². The summed E-state index contributed by atoms with van der Waals surface area (Å²) in [5.41, 5.74) is 1.15. The summed E-state index contributed by atoms with van der Waals surface area (Å²) < 4.78 is 7.09. The molecule has 3 rings (SSSR count). The van der Waals surface area contributed by atoms with Crippen molar-refractivity contribution in [3.05, 3.63) is 42.0 Å². The van der Waals surface area contributed by atoms with Gasteiger partial charge in [0.05, 0.1) is 13.7 Å². The van der Waals surface area contributed by atoms with Crippen molar-refractivity contribution < 1.29 is 9.53 Å². The molecular weight excluding hydrogens is 304 g/mol. The zero-order valence-corrected chi connectivity index (χ0v) is 14.1. The minimum absolute atomic E-state index is 0.272. The summed E-state index contributed by atoms with van der Waals surface area (Å²) in [6.45, 7) is 2.26. The first-order valence-corrected chi connectivity index (χ1v) is 8.53. The standard InChI is InChI=1S/C18H24N4O2/c1-24-16-8-6-15(7-9-16)13-22-17(19-14-20-22)10-12-21-11-4-2-3-5-18(21)23/h6-9,14H,2-5,10-13H2,1H3.